The highest BCUT2D eigenvalue weighted by Gasteiger charge is 2.09. The Bertz CT molecular complexity index is 483. The van der Waals surface area contributed by atoms with Crippen LogP contribution in [-0.4, -0.2) is 16.0 Å². The summed E-state index contributed by atoms with van der Waals surface area (Å²) in [6.07, 6.45) is 2.62. The number of rotatable bonds is 4. The summed E-state index contributed by atoms with van der Waals surface area (Å²) in [5.41, 5.74) is 2.49. The fourth-order valence-electron chi connectivity index (χ4n) is 1.80. The van der Waals surface area contributed by atoms with Crippen molar-refractivity contribution in [1.82, 2.24) is 10.2 Å². The van der Waals surface area contributed by atoms with Crippen LogP contribution in [0.4, 0.5) is 0 Å². The number of benzene rings is 1. The van der Waals surface area contributed by atoms with Gasteiger partial charge in [0.2, 0.25) is 5.78 Å². The molecule has 17 heavy (non-hydrogen) atoms. The number of ketones is 1. The average molecular weight is 228 g/mol. The van der Waals surface area contributed by atoms with Crippen molar-refractivity contribution in [1.29, 1.82) is 0 Å². The number of nitrogens with one attached hydrogen (secondary N) is 1. The van der Waals surface area contributed by atoms with Gasteiger partial charge < -0.3 is 0 Å². The first-order chi connectivity index (χ1) is 8.16. The van der Waals surface area contributed by atoms with Crippen LogP contribution in [0.2, 0.25) is 0 Å². The highest BCUT2D eigenvalue weighted by atomic mass is 16.1. The summed E-state index contributed by atoms with van der Waals surface area (Å²) < 4.78 is 0. The first-order valence-corrected chi connectivity index (χ1v) is 5.80. The molecule has 0 radical (unpaired) electrons. The van der Waals surface area contributed by atoms with Crippen LogP contribution in [0.1, 0.15) is 35.5 Å². The van der Waals surface area contributed by atoms with Crippen molar-refractivity contribution in [2.24, 2.45) is 5.92 Å². The van der Waals surface area contributed by atoms with E-state index < -0.39 is 0 Å². The summed E-state index contributed by atoms with van der Waals surface area (Å²) in [6.45, 7) is 4.37. The number of carbonyl (C=O) groups excluding carboxylic acids is 1. The minimum atomic E-state index is -0.0152. The molecule has 0 fully saturated rings. The van der Waals surface area contributed by atoms with E-state index in [9.17, 15) is 4.79 Å². The molecule has 2 rings (SSSR count). The zero-order valence-electron chi connectivity index (χ0n) is 10.1. The van der Waals surface area contributed by atoms with Gasteiger partial charge in [0.1, 0.15) is 5.69 Å². The van der Waals surface area contributed by atoms with Crippen LogP contribution in [0.15, 0.2) is 36.5 Å². The molecule has 0 saturated heterocycles. The third kappa shape index (κ3) is 2.81. The predicted octanol–water partition coefficient (Wildman–Crippen LogP) is 2.84. The number of aromatic nitrogens is 2. The van der Waals surface area contributed by atoms with Gasteiger partial charge in [-0.2, -0.15) is 5.10 Å². The highest BCUT2D eigenvalue weighted by Crippen LogP contribution is 2.12. The van der Waals surface area contributed by atoms with Crippen LogP contribution in [0, 0.1) is 5.92 Å². The lowest BCUT2D eigenvalue weighted by molar-refractivity contribution is 0.103. The molecule has 0 saturated carbocycles. The van der Waals surface area contributed by atoms with Crippen LogP contribution in [0.5, 0.6) is 0 Å². The Hall–Kier alpha value is -1.90. The SMILES string of the molecule is CC(C)Cc1ccc(C(=O)c2ccn[nH]2)cc1. The van der Waals surface area contributed by atoms with Crippen molar-refractivity contribution < 1.29 is 4.79 Å². The minimum Gasteiger partial charge on any atom is -0.287 e. The Kier molecular flexibility index (Phi) is 3.38. The van der Waals surface area contributed by atoms with Crippen molar-refractivity contribution in [3.05, 3.63) is 53.3 Å². The van der Waals surface area contributed by atoms with Gasteiger partial charge in [0.25, 0.3) is 0 Å². The second kappa shape index (κ2) is 4.95. The van der Waals surface area contributed by atoms with Crippen molar-refractivity contribution in [3.8, 4) is 0 Å². The molecule has 88 valence electrons. The van der Waals surface area contributed by atoms with Gasteiger partial charge in [-0.1, -0.05) is 38.1 Å². The normalized spacial score (nSPS) is 10.8. The smallest absolute Gasteiger partial charge is 0.210 e. The lowest BCUT2D eigenvalue weighted by Gasteiger charge is -2.05. The zero-order chi connectivity index (χ0) is 12.3. The molecule has 0 atom stereocenters. The number of nitrogens with zero attached hydrogens (tertiary/aromatic N) is 1. The molecule has 0 spiro atoms. The number of hydrogen-bond acceptors (Lipinski definition) is 2. The number of hydrogen-bond donors (Lipinski definition) is 1. The summed E-state index contributed by atoms with van der Waals surface area (Å²) >= 11 is 0. The van der Waals surface area contributed by atoms with E-state index in [1.807, 2.05) is 24.3 Å². The molecule has 0 amide bonds. The first-order valence-electron chi connectivity index (χ1n) is 5.80. The maximum absolute atomic E-state index is 12.0. The van der Waals surface area contributed by atoms with Crippen LogP contribution >= 0.6 is 0 Å². The highest BCUT2D eigenvalue weighted by molar-refractivity contribution is 6.07. The molecule has 0 aliphatic carbocycles. The van der Waals surface area contributed by atoms with Gasteiger partial charge in [-0.3, -0.25) is 9.89 Å². The molecule has 0 bridgehead atoms. The van der Waals surface area contributed by atoms with Crippen LogP contribution in [0.25, 0.3) is 0 Å². The van der Waals surface area contributed by atoms with Gasteiger partial charge in [0.05, 0.1) is 0 Å². The Balaban J connectivity index is 2.15. The maximum Gasteiger partial charge on any atom is 0.210 e. The van der Waals surface area contributed by atoms with E-state index in [4.69, 9.17) is 0 Å². The predicted molar refractivity (Wildman–Crippen MR) is 67.0 cm³/mol. The second-order valence-corrected chi connectivity index (χ2v) is 4.59. The number of H-pyrrole nitrogens is 1. The van der Waals surface area contributed by atoms with E-state index in [2.05, 4.69) is 24.0 Å². The van der Waals surface area contributed by atoms with E-state index in [1.54, 1.807) is 12.3 Å². The molecular formula is C14H16N2O. The van der Waals surface area contributed by atoms with E-state index in [0.29, 0.717) is 17.2 Å². The van der Waals surface area contributed by atoms with E-state index in [0.717, 1.165) is 6.42 Å². The molecule has 0 aliphatic heterocycles. The van der Waals surface area contributed by atoms with Gasteiger partial charge in [-0.25, -0.2) is 0 Å². The number of aromatic amines is 1. The minimum absolute atomic E-state index is 0.0152. The Morgan fingerprint density at radius 2 is 1.94 bits per heavy atom. The molecular weight excluding hydrogens is 212 g/mol. The van der Waals surface area contributed by atoms with Gasteiger partial charge >= 0.3 is 0 Å². The molecule has 3 nitrogen and oxygen atoms in total. The van der Waals surface area contributed by atoms with Crippen molar-refractivity contribution in [3.63, 3.8) is 0 Å². The van der Waals surface area contributed by atoms with Crippen molar-refractivity contribution in [2.45, 2.75) is 20.3 Å². The summed E-state index contributed by atoms with van der Waals surface area (Å²) in [4.78, 5) is 12.0. The van der Waals surface area contributed by atoms with Crippen LogP contribution in [0.3, 0.4) is 0 Å². The van der Waals surface area contributed by atoms with E-state index >= 15 is 0 Å². The molecule has 2 aromatic rings. The van der Waals surface area contributed by atoms with Gasteiger partial charge in [-0.05, 0) is 24.0 Å². The monoisotopic (exact) mass is 228 g/mol. The summed E-state index contributed by atoms with van der Waals surface area (Å²) in [7, 11) is 0. The summed E-state index contributed by atoms with van der Waals surface area (Å²) in [5, 5.41) is 6.46. The maximum atomic E-state index is 12.0. The zero-order valence-corrected chi connectivity index (χ0v) is 10.1. The lowest BCUT2D eigenvalue weighted by Crippen LogP contribution is -2.02. The first kappa shape index (κ1) is 11.6. The molecule has 1 heterocycles. The second-order valence-electron chi connectivity index (χ2n) is 4.59. The van der Waals surface area contributed by atoms with E-state index in [-0.39, 0.29) is 5.78 Å². The topological polar surface area (TPSA) is 45.8 Å². The van der Waals surface area contributed by atoms with Gasteiger partial charge in [-0.15, -0.1) is 0 Å². The molecule has 1 aromatic heterocycles. The third-order valence-electron chi connectivity index (χ3n) is 2.61. The van der Waals surface area contributed by atoms with Crippen molar-refractivity contribution >= 4 is 5.78 Å². The summed E-state index contributed by atoms with van der Waals surface area (Å²) in [5.74, 6) is 0.614. The van der Waals surface area contributed by atoms with Crippen LogP contribution in [-0.2, 0) is 6.42 Å². The lowest BCUT2D eigenvalue weighted by atomic mass is 10.00. The summed E-state index contributed by atoms with van der Waals surface area (Å²) in [6, 6.07) is 9.47. The largest absolute Gasteiger partial charge is 0.287 e. The van der Waals surface area contributed by atoms with E-state index in [1.165, 1.54) is 5.56 Å². The molecule has 3 heteroatoms. The van der Waals surface area contributed by atoms with Gasteiger partial charge in [0.15, 0.2) is 0 Å². The Labute approximate surface area is 101 Å². The standard InChI is InChI=1S/C14H16N2O/c1-10(2)9-11-3-5-12(6-4-11)14(17)13-7-8-15-16-13/h3-8,10H,9H2,1-2H3,(H,15,16). The Morgan fingerprint density at radius 1 is 1.24 bits per heavy atom. The molecule has 0 unspecified atom stereocenters. The average Bonchev–Trinajstić information content (AvgIpc) is 2.82. The molecule has 1 N–H and O–H groups in total. The quantitative estimate of drug-likeness (QED) is 0.818. The number of carbonyl (C=O) groups is 1. The van der Waals surface area contributed by atoms with Crippen LogP contribution < -0.4 is 0 Å². The molecule has 1 aromatic carbocycles. The molecule has 0 aliphatic rings. The third-order valence-corrected chi connectivity index (χ3v) is 2.61. The Morgan fingerprint density at radius 3 is 2.47 bits per heavy atom. The fourth-order valence-corrected chi connectivity index (χ4v) is 1.80. The fraction of sp³-hybridized carbons (Fsp3) is 0.286. The van der Waals surface area contributed by atoms with Gasteiger partial charge in [0, 0.05) is 11.8 Å². The van der Waals surface area contributed by atoms with Crippen molar-refractivity contribution in [2.75, 3.05) is 0 Å².